The second-order valence-corrected chi connectivity index (χ2v) is 3.39. The first-order valence-electron chi connectivity index (χ1n) is 4.58. The standard InChI is InChI=1S/C8H12N4O2/c1-2-11-3-6(4-11)12-5-7(8(13)14)9-10-12/h5-6H,2-4H2,1H3,(H,13,14). The SMILES string of the molecule is CCN1CC(n2cc(C(=O)O)nn2)C1. The maximum atomic E-state index is 10.5. The molecule has 0 unspecified atom stereocenters. The van der Waals surface area contributed by atoms with Crippen LogP contribution in [0.2, 0.25) is 0 Å². The van der Waals surface area contributed by atoms with Crippen molar-refractivity contribution in [3.05, 3.63) is 11.9 Å². The van der Waals surface area contributed by atoms with E-state index < -0.39 is 5.97 Å². The van der Waals surface area contributed by atoms with Crippen LogP contribution < -0.4 is 0 Å². The van der Waals surface area contributed by atoms with Crippen molar-refractivity contribution in [2.24, 2.45) is 0 Å². The van der Waals surface area contributed by atoms with Crippen LogP contribution >= 0.6 is 0 Å². The Hall–Kier alpha value is -1.43. The predicted molar refractivity (Wildman–Crippen MR) is 48.1 cm³/mol. The van der Waals surface area contributed by atoms with Gasteiger partial charge in [-0.1, -0.05) is 12.1 Å². The molecule has 14 heavy (non-hydrogen) atoms. The smallest absolute Gasteiger partial charge is 0.358 e. The molecule has 1 N–H and O–H groups in total. The Morgan fingerprint density at radius 2 is 2.43 bits per heavy atom. The van der Waals surface area contributed by atoms with Gasteiger partial charge in [-0.15, -0.1) is 5.10 Å². The fourth-order valence-corrected chi connectivity index (χ4v) is 1.52. The number of likely N-dealkylation sites (N-methyl/N-ethyl adjacent to an activating group) is 1. The van der Waals surface area contributed by atoms with Crippen molar-refractivity contribution in [1.82, 2.24) is 19.9 Å². The Morgan fingerprint density at radius 3 is 2.93 bits per heavy atom. The van der Waals surface area contributed by atoms with Crippen molar-refractivity contribution in [2.75, 3.05) is 19.6 Å². The van der Waals surface area contributed by atoms with Crippen molar-refractivity contribution >= 4 is 5.97 Å². The number of nitrogens with zero attached hydrogens (tertiary/aromatic N) is 4. The molecule has 0 atom stereocenters. The second kappa shape index (κ2) is 3.38. The molecule has 0 aliphatic carbocycles. The molecule has 0 bridgehead atoms. The van der Waals surface area contributed by atoms with Crippen molar-refractivity contribution < 1.29 is 9.90 Å². The van der Waals surface area contributed by atoms with E-state index in [0.717, 1.165) is 19.6 Å². The predicted octanol–water partition coefficient (Wildman–Crippen LogP) is -0.147. The lowest BCUT2D eigenvalue weighted by Gasteiger charge is -2.37. The number of aromatic nitrogens is 3. The number of carbonyl (C=O) groups is 1. The van der Waals surface area contributed by atoms with Crippen LogP contribution in [0.1, 0.15) is 23.5 Å². The first-order chi connectivity index (χ1) is 6.70. The van der Waals surface area contributed by atoms with Crippen LogP contribution in [-0.2, 0) is 0 Å². The van der Waals surface area contributed by atoms with Gasteiger partial charge in [0, 0.05) is 13.1 Å². The highest BCUT2D eigenvalue weighted by atomic mass is 16.4. The van der Waals surface area contributed by atoms with Crippen LogP contribution in [0.3, 0.4) is 0 Å². The van der Waals surface area contributed by atoms with Crippen molar-refractivity contribution in [3.8, 4) is 0 Å². The van der Waals surface area contributed by atoms with E-state index in [4.69, 9.17) is 5.11 Å². The number of carboxylic acid groups (broad SMARTS) is 1. The molecule has 6 heteroatoms. The number of carboxylic acids is 1. The number of hydrogen-bond donors (Lipinski definition) is 1. The van der Waals surface area contributed by atoms with E-state index in [1.165, 1.54) is 6.20 Å². The summed E-state index contributed by atoms with van der Waals surface area (Å²) in [5.74, 6) is -1.03. The summed E-state index contributed by atoms with van der Waals surface area (Å²) in [6, 6.07) is 0.288. The van der Waals surface area contributed by atoms with Gasteiger partial charge in [-0.05, 0) is 6.54 Å². The van der Waals surface area contributed by atoms with Gasteiger partial charge in [0.15, 0.2) is 5.69 Å². The normalized spacial score (nSPS) is 18.1. The maximum absolute atomic E-state index is 10.5. The summed E-state index contributed by atoms with van der Waals surface area (Å²) >= 11 is 0. The highest BCUT2D eigenvalue weighted by Gasteiger charge is 2.28. The van der Waals surface area contributed by atoms with Gasteiger partial charge in [0.25, 0.3) is 0 Å². The van der Waals surface area contributed by atoms with Gasteiger partial charge in [0.1, 0.15) is 0 Å². The number of likely N-dealkylation sites (tertiary alicyclic amines) is 1. The molecule has 0 saturated carbocycles. The van der Waals surface area contributed by atoms with Crippen LogP contribution in [0.25, 0.3) is 0 Å². The molecule has 2 heterocycles. The van der Waals surface area contributed by atoms with Crippen molar-refractivity contribution in [1.29, 1.82) is 0 Å². The summed E-state index contributed by atoms with van der Waals surface area (Å²) in [5, 5.41) is 16.0. The minimum absolute atomic E-state index is 0.0138. The van der Waals surface area contributed by atoms with Crippen LogP contribution in [0.15, 0.2) is 6.20 Å². The van der Waals surface area contributed by atoms with Gasteiger partial charge in [0.2, 0.25) is 0 Å². The van der Waals surface area contributed by atoms with Gasteiger partial charge in [0.05, 0.1) is 12.2 Å². The molecular weight excluding hydrogens is 184 g/mol. The van der Waals surface area contributed by atoms with Gasteiger partial charge < -0.3 is 5.11 Å². The summed E-state index contributed by atoms with van der Waals surface area (Å²) in [5.41, 5.74) is 0.0138. The van der Waals surface area contributed by atoms with E-state index in [-0.39, 0.29) is 11.7 Å². The van der Waals surface area contributed by atoms with Crippen LogP contribution in [-0.4, -0.2) is 50.6 Å². The Labute approximate surface area is 81.1 Å². The van der Waals surface area contributed by atoms with Gasteiger partial charge in [-0.25, -0.2) is 9.48 Å². The van der Waals surface area contributed by atoms with E-state index in [1.807, 2.05) is 0 Å². The molecule has 76 valence electrons. The topological polar surface area (TPSA) is 71.2 Å². The maximum Gasteiger partial charge on any atom is 0.358 e. The zero-order valence-corrected chi connectivity index (χ0v) is 7.92. The first kappa shape index (κ1) is 9.14. The molecule has 0 amide bonds. The molecule has 1 fully saturated rings. The zero-order chi connectivity index (χ0) is 10.1. The Balaban J connectivity index is 2.01. The quantitative estimate of drug-likeness (QED) is 0.728. The Bertz CT molecular complexity index is 343. The number of aromatic carboxylic acids is 1. The highest BCUT2D eigenvalue weighted by molar-refractivity contribution is 5.84. The molecule has 0 aromatic carbocycles. The summed E-state index contributed by atoms with van der Waals surface area (Å²) in [6.07, 6.45) is 1.49. The third-order valence-corrected chi connectivity index (χ3v) is 2.49. The molecule has 1 aliphatic rings. The molecule has 6 nitrogen and oxygen atoms in total. The van der Waals surface area contributed by atoms with E-state index in [2.05, 4.69) is 22.1 Å². The average Bonchev–Trinajstić information content (AvgIpc) is 2.51. The minimum Gasteiger partial charge on any atom is -0.476 e. The largest absolute Gasteiger partial charge is 0.476 e. The average molecular weight is 196 g/mol. The van der Waals surface area contributed by atoms with Crippen LogP contribution in [0, 0.1) is 0 Å². The molecule has 2 rings (SSSR count). The van der Waals surface area contributed by atoms with Crippen molar-refractivity contribution in [2.45, 2.75) is 13.0 Å². The Morgan fingerprint density at radius 1 is 1.71 bits per heavy atom. The van der Waals surface area contributed by atoms with Crippen LogP contribution in [0.5, 0.6) is 0 Å². The zero-order valence-electron chi connectivity index (χ0n) is 7.92. The lowest BCUT2D eigenvalue weighted by atomic mass is 10.1. The van der Waals surface area contributed by atoms with Crippen LogP contribution in [0.4, 0.5) is 0 Å². The van der Waals surface area contributed by atoms with E-state index in [0.29, 0.717) is 0 Å². The third-order valence-electron chi connectivity index (χ3n) is 2.49. The van der Waals surface area contributed by atoms with E-state index in [9.17, 15) is 4.79 Å². The molecule has 0 spiro atoms. The van der Waals surface area contributed by atoms with E-state index in [1.54, 1.807) is 4.68 Å². The monoisotopic (exact) mass is 196 g/mol. The molecule has 1 aliphatic heterocycles. The number of rotatable bonds is 3. The molecule has 1 aromatic rings. The number of hydrogen-bond acceptors (Lipinski definition) is 4. The molecule has 1 saturated heterocycles. The lowest BCUT2D eigenvalue weighted by molar-refractivity contribution is 0.0690. The molecule has 0 radical (unpaired) electrons. The fourth-order valence-electron chi connectivity index (χ4n) is 1.52. The summed E-state index contributed by atoms with van der Waals surface area (Å²) in [7, 11) is 0. The summed E-state index contributed by atoms with van der Waals surface area (Å²) < 4.78 is 1.63. The lowest BCUT2D eigenvalue weighted by Crippen LogP contribution is -2.47. The van der Waals surface area contributed by atoms with E-state index >= 15 is 0 Å². The Kier molecular flexibility index (Phi) is 2.20. The van der Waals surface area contributed by atoms with Crippen molar-refractivity contribution in [3.63, 3.8) is 0 Å². The third kappa shape index (κ3) is 1.48. The minimum atomic E-state index is -1.03. The molecular formula is C8H12N4O2. The first-order valence-corrected chi connectivity index (χ1v) is 4.58. The van der Waals surface area contributed by atoms with Gasteiger partial charge in [-0.2, -0.15) is 0 Å². The van der Waals surface area contributed by atoms with Gasteiger partial charge >= 0.3 is 5.97 Å². The summed E-state index contributed by atoms with van der Waals surface area (Å²) in [4.78, 5) is 12.8. The fraction of sp³-hybridized carbons (Fsp3) is 0.625. The summed E-state index contributed by atoms with van der Waals surface area (Å²) in [6.45, 7) is 4.98. The molecule has 1 aromatic heterocycles. The van der Waals surface area contributed by atoms with Gasteiger partial charge in [-0.3, -0.25) is 4.90 Å². The highest BCUT2D eigenvalue weighted by Crippen LogP contribution is 2.19. The second-order valence-electron chi connectivity index (χ2n) is 3.39.